The largest absolute Gasteiger partial charge is 0.335 e. The van der Waals surface area contributed by atoms with E-state index in [0.29, 0.717) is 18.9 Å². The fourth-order valence-electron chi connectivity index (χ4n) is 3.74. The van der Waals surface area contributed by atoms with Crippen LogP contribution < -0.4 is 15.1 Å². The first kappa shape index (κ1) is 17.7. The van der Waals surface area contributed by atoms with E-state index in [1.807, 2.05) is 29.2 Å². The fraction of sp³-hybridized carbons (Fsp3) is 0.400. The first-order valence-corrected chi connectivity index (χ1v) is 9.36. The Morgan fingerprint density at radius 2 is 1.81 bits per heavy atom. The molecule has 2 aliphatic rings. The van der Waals surface area contributed by atoms with E-state index in [0.717, 1.165) is 37.3 Å². The Morgan fingerprint density at radius 1 is 1.07 bits per heavy atom. The van der Waals surface area contributed by atoms with Gasteiger partial charge in [0.05, 0.1) is 17.6 Å². The van der Waals surface area contributed by atoms with Crippen molar-refractivity contribution in [3.05, 3.63) is 48.4 Å². The second-order valence-electron chi connectivity index (χ2n) is 7.15. The van der Waals surface area contributed by atoms with Gasteiger partial charge in [-0.25, -0.2) is 14.2 Å². The lowest BCUT2D eigenvalue weighted by Crippen LogP contribution is -2.52. The third-order valence-corrected chi connectivity index (χ3v) is 5.29. The topological polar surface area (TPSA) is 51.7 Å². The summed E-state index contributed by atoms with van der Waals surface area (Å²) in [6.45, 7) is 3.17. The van der Waals surface area contributed by atoms with E-state index in [1.54, 1.807) is 11.0 Å². The number of rotatable bonds is 2. The summed E-state index contributed by atoms with van der Waals surface area (Å²) in [6.07, 6.45) is 3.17. The Bertz CT molecular complexity index is 804. The first-order valence-electron chi connectivity index (χ1n) is 9.36. The number of piperidine rings is 1. The quantitative estimate of drug-likeness (QED) is 0.884. The minimum atomic E-state index is -0.358. The minimum absolute atomic E-state index is 0.0521. The number of aromatic nitrogens is 1. The number of urea groups is 1. The maximum atomic E-state index is 13.2. The Kier molecular flexibility index (Phi) is 4.94. The van der Waals surface area contributed by atoms with Crippen LogP contribution in [0.3, 0.4) is 0 Å². The third kappa shape index (κ3) is 3.73. The highest BCUT2D eigenvalue weighted by Gasteiger charge is 2.29. The third-order valence-electron chi connectivity index (χ3n) is 5.29. The lowest BCUT2D eigenvalue weighted by atomic mass is 10.1. The number of carbonyl (C=O) groups is 1. The number of benzene rings is 1. The van der Waals surface area contributed by atoms with Crippen molar-refractivity contribution in [3.8, 4) is 0 Å². The van der Waals surface area contributed by atoms with E-state index < -0.39 is 0 Å². The lowest BCUT2D eigenvalue weighted by Gasteiger charge is -2.38. The van der Waals surface area contributed by atoms with Crippen molar-refractivity contribution in [1.82, 2.24) is 15.2 Å². The summed E-state index contributed by atoms with van der Waals surface area (Å²) in [6, 6.07) is 11.0. The number of halogens is 1. The van der Waals surface area contributed by atoms with Crippen LogP contribution in [0.15, 0.2) is 42.6 Å². The van der Waals surface area contributed by atoms with E-state index >= 15 is 0 Å². The lowest BCUT2D eigenvalue weighted by molar-refractivity contribution is 0.217. The number of carbonyl (C=O) groups excluding carboxylic acids is 1. The van der Waals surface area contributed by atoms with Crippen LogP contribution >= 0.6 is 0 Å². The minimum Gasteiger partial charge on any atom is -0.335 e. The number of nitrogens with zero attached hydrogens (tertiary/aromatic N) is 4. The Hall–Kier alpha value is -2.67. The molecule has 3 heterocycles. The van der Waals surface area contributed by atoms with Gasteiger partial charge in [-0.05, 0) is 57.2 Å². The van der Waals surface area contributed by atoms with Gasteiger partial charge in [0.1, 0.15) is 11.6 Å². The number of pyridine rings is 1. The monoisotopic (exact) mass is 369 g/mol. The van der Waals surface area contributed by atoms with Crippen molar-refractivity contribution < 1.29 is 9.18 Å². The van der Waals surface area contributed by atoms with Gasteiger partial charge in [0.15, 0.2) is 0 Å². The van der Waals surface area contributed by atoms with Crippen molar-refractivity contribution >= 4 is 23.2 Å². The maximum Gasteiger partial charge on any atom is 0.322 e. The van der Waals surface area contributed by atoms with Gasteiger partial charge < -0.3 is 15.1 Å². The molecule has 0 atom stereocenters. The highest BCUT2D eigenvalue weighted by atomic mass is 19.1. The van der Waals surface area contributed by atoms with Gasteiger partial charge in [0, 0.05) is 19.1 Å². The van der Waals surface area contributed by atoms with Gasteiger partial charge in [-0.3, -0.25) is 4.90 Å². The number of hydrogen-bond acceptors (Lipinski definition) is 4. The highest BCUT2D eigenvalue weighted by molar-refractivity contribution is 5.97. The molecule has 1 aromatic carbocycles. The molecule has 1 N–H and O–H groups in total. The number of fused-ring (bicyclic) bond motifs is 1. The van der Waals surface area contributed by atoms with Gasteiger partial charge in [-0.2, -0.15) is 0 Å². The molecule has 6 nitrogen and oxygen atoms in total. The van der Waals surface area contributed by atoms with Crippen molar-refractivity contribution in [2.24, 2.45) is 0 Å². The molecule has 0 aliphatic carbocycles. The van der Waals surface area contributed by atoms with E-state index in [2.05, 4.69) is 22.2 Å². The van der Waals surface area contributed by atoms with Crippen LogP contribution in [0.2, 0.25) is 0 Å². The van der Waals surface area contributed by atoms with Crippen LogP contribution in [0.4, 0.5) is 26.4 Å². The van der Waals surface area contributed by atoms with Gasteiger partial charge in [-0.1, -0.05) is 12.1 Å². The number of para-hydroxylation sites is 2. The molecule has 1 saturated heterocycles. The zero-order valence-electron chi connectivity index (χ0n) is 15.4. The molecule has 0 bridgehead atoms. The van der Waals surface area contributed by atoms with Gasteiger partial charge >= 0.3 is 6.03 Å². The van der Waals surface area contributed by atoms with Gasteiger partial charge in [0.2, 0.25) is 0 Å². The van der Waals surface area contributed by atoms with E-state index in [9.17, 15) is 9.18 Å². The zero-order valence-corrected chi connectivity index (χ0v) is 15.4. The van der Waals surface area contributed by atoms with Crippen molar-refractivity contribution in [2.45, 2.75) is 18.9 Å². The molecule has 0 saturated carbocycles. The summed E-state index contributed by atoms with van der Waals surface area (Å²) in [5, 5.41) is 3.19. The molecule has 2 aromatic rings. The SMILES string of the molecule is CN1CCC(NC(=O)N2CCN(c3ccc(F)cn3)c3ccccc32)CC1. The van der Waals surface area contributed by atoms with Crippen LogP contribution in [0.1, 0.15) is 12.8 Å². The van der Waals surface area contributed by atoms with Crippen molar-refractivity contribution in [1.29, 1.82) is 0 Å². The van der Waals surface area contributed by atoms with Crippen LogP contribution in [-0.4, -0.2) is 55.2 Å². The molecule has 1 fully saturated rings. The summed E-state index contributed by atoms with van der Waals surface area (Å²) in [4.78, 5) is 23.2. The molecule has 0 radical (unpaired) electrons. The van der Waals surface area contributed by atoms with Crippen LogP contribution in [0, 0.1) is 5.82 Å². The van der Waals surface area contributed by atoms with Crippen molar-refractivity contribution in [2.75, 3.05) is 43.0 Å². The van der Waals surface area contributed by atoms with E-state index in [-0.39, 0.29) is 17.9 Å². The van der Waals surface area contributed by atoms with Gasteiger partial charge in [0.25, 0.3) is 0 Å². The summed E-state index contributed by atoms with van der Waals surface area (Å²) in [7, 11) is 2.11. The number of amides is 2. The fourth-order valence-corrected chi connectivity index (χ4v) is 3.74. The number of hydrogen-bond donors (Lipinski definition) is 1. The molecule has 27 heavy (non-hydrogen) atoms. The Balaban J connectivity index is 1.54. The summed E-state index contributed by atoms with van der Waals surface area (Å²) < 4.78 is 13.2. The zero-order chi connectivity index (χ0) is 18.8. The first-order chi connectivity index (χ1) is 13.1. The molecule has 2 amide bonds. The second-order valence-corrected chi connectivity index (χ2v) is 7.15. The van der Waals surface area contributed by atoms with Crippen LogP contribution in [0.25, 0.3) is 0 Å². The number of nitrogens with one attached hydrogen (secondary N) is 1. The van der Waals surface area contributed by atoms with Gasteiger partial charge in [-0.15, -0.1) is 0 Å². The molecule has 1 aromatic heterocycles. The number of likely N-dealkylation sites (tertiary alicyclic amines) is 1. The van der Waals surface area contributed by atoms with Crippen LogP contribution in [-0.2, 0) is 0 Å². The molecule has 7 heteroatoms. The van der Waals surface area contributed by atoms with E-state index in [1.165, 1.54) is 12.3 Å². The molecular weight excluding hydrogens is 345 g/mol. The van der Waals surface area contributed by atoms with E-state index in [4.69, 9.17) is 0 Å². The average Bonchev–Trinajstić information content (AvgIpc) is 2.69. The molecule has 0 spiro atoms. The Morgan fingerprint density at radius 3 is 2.52 bits per heavy atom. The number of anilines is 3. The average molecular weight is 369 g/mol. The summed E-state index contributed by atoms with van der Waals surface area (Å²) in [5.74, 6) is 0.322. The predicted molar refractivity (Wildman–Crippen MR) is 104 cm³/mol. The smallest absolute Gasteiger partial charge is 0.322 e. The van der Waals surface area contributed by atoms with Crippen molar-refractivity contribution in [3.63, 3.8) is 0 Å². The molecular formula is C20H24FN5O. The second kappa shape index (κ2) is 7.52. The standard InChI is InChI=1S/C20H24FN5O/c1-24-10-8-16(9-11-24)23-20(27)26-13-12-25(17-4-2-3-5-18(17)26)19-7-6-15(21)14-22-19/h2-7,14,16H,8-13H2,1H3,(H,23,27). The molecule has 0 unspecified atom stereocenters. The molecule has 4 rings (SSSR count). The highest BCUT2D eigenvalue weighted by Crippen LogP contribution is 2.36. The maximum absolute atomic E-state index is 13.2. The Labute approximate surface area is 158 Å². The molecule has 142 valence electrons. The summed E-state index contributed by atoms with van der Waals surface area (Å²) in [5.41, 5.74) is 1.75. The summed E-state index contributed by atoms with van der Waals surface area (Å²) >= 11 is 0. The normalized spacial score (nSPS) is 18.3. The van der Waals surface area contributed by atoms with Crippen LogP contribution in [0.5, 0.6) is 0 Å². The molecule has 2 aliphatic heterocycles. The predicted octanol–water partition coefficient (Wildman–Crippen LogP) is 2.98.